The van der Waals surface area contributed by atoms with Crippen molar-refractivity contribution < 1.29 is 9.90 Å². The Hall–Kier alpha value is -1.51. The molecule has 2 N–H and O–H groups in total. The van der Waals surface area contributed by atoms with Gasteiger partial charge in [0.1, 0.15) is 5.69 Å². The maximum absolute atomic E-state index is 10.4. The third kappa shape index (κ3) is 1.32. The second-order valence-electron chi connectivity index (χ2n) is 2.22. The molecular formula is C8H9NO2. The smallest absolute Gasteiger partial charge is 0.352 e. The number of hydrogen-bond acceptors (Lipinski definition) is 1. The molecule has 0 saturated heterocycles. The van der Waals surface area contributed by atoms with Crippen LogP contribution in [0.15, 0.2) is 6.07 Å². The van der Waals surface area contributed by atoms with Gasteiger partial charge in [-0.25, -0.2) is 4.79 Å². The van der Waals surface area contributed by atoms with E-state index in [-0.39, 0.29) is 5.69 Å². The summed E-state index contributed by atoms with van der Waals surface area (Å²) in [6.07, 6.45) is 1.79. The number of rotatable bonds is 1. The highest BCUT2D eigenvalue weighted by Gasteiger charge is 2.02. The third-order valence-corrected chi connectivity index (χ3v) is 1.45. The maximum Gasteiger partial charge on any atom is 0.352 e. The van der Waals surface area contributed by atoms with Gasteiger partial charge in [0.25, 0.3) is 0 Å². The van der Waals surface area contributed by atoms with E-state index >= 15 is 0 Å². The molecule has 0 atom stereocenters. The Labute approximate surface area is 63.7 Å². The molecule has 1 rings (SSSR count). The van der Waals surface area contributed by atoms with Crippen LogP contribution >= 0.6 is 0 Å². The molecule has 0 fully saturated rings. The van der Waals surface area contributed by atoms with Gasteiger partial charge in [-0.1, -0.05) is 12.7 Å². The average Bonchev–Trinajstić information content (AvgIpc) is 2.31. The predicted molar refractivity (Wildman–Crippen MR) is 42.7 cm³/mol. The number of aromatic carboxylic acids is 1. The van der Waals surface area contributed by atoms with Crippen LogP contribution in [0.4, 0.5) is 0 Å². The second-order valence-corrected chi connectivity index (χ2v) is 2.22. The van der Waals surface area contributed by atoms with E-state index in [4.69, 9.17) is 5.11 Å². The number of carboxylic acids is 1. The normalized spacial score (nSPS) is 11.9. The van der Waals surface area contributed by atoms with Crippen LogP contribution in [0.3, 0.4) is 0 Å². The molecule has 0 saturated carbocycles. The number of aromatic amines is 1. The summed E-state index contributed by atoms with van der Waals surface area (Å²) in [5.41, 5.74) is 0.183. The van der Waals surface area contributed by atoms with E-state index in [0.29, 0.717) is 5.22 Å². The first-order chi connectivity index (χ1) is 5.15. The fourth-order valence-electron chi connectivity index (χ4n) is 0.886. The third-order valence-electron chi connectivity index (χ3n) is 1.45. The minimum Gasteiger partial charge on any atom is -0.477 e. The van der Waals surface area contributed by atoms with Gasteiger partial charge >= 0.3 is 5.97 Å². The van der Waals surface area contributed by atoms with Crippen LogP contribution in [-0.2, 0) is 0 Å². The van der Waals surface area contributed by atoms with Crippen LogP contribution in [-0.4, -0.2) is 16.1 Å². The number of carbonyl (C=O) groups is 1. The lowest BCUT2D eigenvalue weighted by Crippen LogP contribution is -2.19. The molecular weight excluding hydrogens is 142 g/mol. The van der Waals surface area contributed by atoms with Gasteiger partial charge in [0.05, 0.1) is 0 Å². The van der Waals surface area contributed by atoms with E-state index in [1.165, 1.54) is 6.07 Å². The van der Waals surface area contributed by atoms with E-state index in [1.54, 1.807) is 6.08 Å². The Morgan fingerprint density at radius 1 is 1.82 bits per heavy atom. The van der Waals surface area contributed by atoms with Crippen molar-refractivity contribution in [3.05, 3.63) is 22.3 Å². The molecule has 0 aliphatic heterocycles. The van der Waals surface area contributed by atoms with E-state index in [2.05, 4.69) is 11.6 Å². The van der Waals surface area contributed by atoms with Crippen LogP contribution < -0.4 is 10.6 Å². The Morgan fingerprint density at radius 2 is 2.45 bits per heavy atom. The van der Waals surface area contributed by atoms with Crippen molar-refractivity contribution >= 4 is 18.6 Å². The SMILES string of the molecule is C=c1cc(C(=O)O)[nH]/c1=C\C. The van der Waals surface area contributed by atoms with Crippen LogP contribution in [0.2, 0.25) is 0 Å². The molecule has 0 spiro atoms. The van der Waals surface area contributed by atoms with Crippen molar-refractivity contribution in [2.75, 3.05) is 0 Å². The van der Waals surface area contributed by atoms with Gasteiger partial charge in [-0.3, -0.25) is 0 Å². The second kappa shape index (κ2) is 2.62. The largest absolute Gasteiger partial charge is 0.477 e. The van der Waals surface area contributed by atoms with Gasteiger partial charge in [-0.15, -0.1) is 0 Å². The summed E-state index contributed by atoms with van der Waals surface area (Å²) >= 11 is 0. The van der Waals surface area contributed by atoms with Crippen LogP contribution in [0, 0.1) is 0 Å². The minimum atomic E-state index is -0.956. The quantitative estimate of drug-likeness (QED) is 0.590. The van der Waals surface area contributed by atoms with Crippen molar-refractivity contribution in [1.29, 1.82) is 0 Å². The molecule has 1 heterocycles. The van der Waals surface area contributed by atoms with E-state index in [9.17, 15) is 4.79 Å². The first kappa shape index (κ1) is 7.60. The van der Waals surface area contributed by atoms with Crippen LogP contribution in [0.1, 0.15) is 17.4 Å². The summed E-state index contributed by atoms with van der Waals surface area (Å²) in [6, 6.07) is 1.51. The molecule has 0 radical (unpaired) electrons. The zero-order chi connectivity index (χ0) is 8.43. The molecule has 0 amide bonds. The van der Waals surface area contributed by atoms with Crippen LogP contribution in [0.25, 0.3) is 12.7 Å². The fraction of sp³-hybridized carbons (Fsp3) is 0.125. The average molecular weight is 151 g/mol. The minimum absolute atomic E-state index is 0.183. The van der Waals surface area contributed by atoms with Crippen LogP contribution in [0.5, 0.6) is 0 Å². The van der Waals surface area contributed by atoms with Gasteiger partial charge in [-0.05, 0) is 18.2 Å². The zero-order valence-corrected chi connectivity index (χ0v) is 6.22. The zero-order valence-electron chi connectivity index (χ0n) is 6.22. The molecule has 0 unspecified atom stereocenters. The predicted octanol–water partition coefficient (Wildman–Crippen LogP) is -0.0764. The van der Waals surface area contributed by atoms with Crippen molar-refractivity contribution in [2.45, 2.75) is 6.92 Å². The van der Waals surface area contributed by atoms with Crippen molar-refractivity contribution in [2.24, 2.45) is 0 Å². The molecule has 1 aromatic heterocycles. The highest BCUT2D eigenvalue weighted by Crippen LogP contribution is 1.83. The lowest BCUT2D eigenvalue weighted by Gasteiger charge is -1.82. The summed E-state index contributed by atoms with van der Waals surface area (Å²) in [7, 11) is 0. The van der Waals surface area contributed by atoms with Gasteiger partial charge in [-0.2, -0.15) is 0 Å². The number of nitrogens with one attached hydrogen (secondary N) is 1. The Balaban J connectivity index is 3.39. The number of aromatic nitrogens is 1. The standard InChI is InChI=1S/C8H9NO2/c1-3-6-5(2)4-7(9-6)8(10)11/h3-4,9H,2H2,1H3,(H,10,11)/b6-3-. The number of carboxylic acid groups (broad SMARTS) is 1. The Morgan fingerprint density at radius 3 is 2.73 bits per heavy atom. The van der Waals surface area contributed by atoms with E-state index in [0.717, 1.165) is 5.35 Å². The molecule has 58 valence electrons. The molecule has 0 aromatic carbocycles. The highest BCUT2D eigenvalue weighted by molar-refractivity contribution is 5.85. The van der Waals surface area contributed by atoms with E-state index in [1.807, 2.05) is 6.92 Å². The molecule has 3 heteroatoms. The lowest BCUT2D eigenvalue weighted by atomic mass is 10.4. The molecule has 0 aliphatic carbocycles. The first-order valence-electron chi connectivity index (χ1n) is 3.22. The summed E-state index contributed by atoms with van der Waals surface area (Å²) in [5.74, 6) is -0.956. The van der Waals surface area contributed by atoms with E-state index < -0.39 is 5.97 Å². The lowest BCUT2D eigenvalue weighted by molar-refractivity contribution is 0.0691. The van der Waals surface area contributed by atoms with Gasteiger partial charge in [0.2, 0.25) is 0 Å². The Bertz CT molecular complexity index is 375. The monoisotopic (exact) mass is 151 g/mol. The topological polar surface area (TPSA) is 53.1 Å². The van der Waals surface area contributed by atoms with Crippen molar-refractivity contribution in [3.8, 4) is 0 Å². The highest BCUT2D eigenvalue weighted by atomic mass is 16.4. The molecule has 3 nitrogen and oxygen atoms in total. The first-order valence-corrected chi connectivity index (χ1v) is 3.22. The van der Waals surface area contributed by atoms with Gasteiger partial charge in [0, 0.05) is 5.35 Å². The van der Waals surface area contributed by atoms with Gasteiger partial charge in [0.15, 0.2) is 0 Å². The summed E-state index contributed by atoms with van der Waals surface area (Å²) in [6.45, 7) is 5.49. The molecule has 1 aromatic rings. The Kier molecular flexibility index (Phi) is 1.81. The van der Waals surface area contributed by atoms with Crippen molar-refractivity contribution in [3.63, 3.8) is 0 Å². The van der Waals surface area contributed by atoms with Crippen molar-refractivity contribution in [1.82, 2.24) is 4.98 Å². The summed E-state index contributed by atoms with van der Waals surface area (Å²) in [4.78, 5) is 13.1. The fourth-order valence-corrected chi connectivity index (χ4v) is 0.886. The number of H-pyrrole nitrogens is 1. The molecule has 0 bridgehead atoms. The summed E-state index contributed by atoms with van der Waals surface area (Å²) < 4.78 is 0. The van der Waals surface area contributed by atoms with Gasteiger partial charge < -0.3 is 10.1 Å². The number of hydrogen-bond donors (Lipinski definition) is 2. The maximum atomic E-state index is 10.4. The summed E-state index contributed by atoms with van der Waals surface area (Å²) in [5, 5.41) is 10.0. The molecule has 11 heavy (non-hydrogen) atoms. The molecule has 0 aliphatic rings.